The predicted octanol–water partition coefficient (Wildman–Crippen LogP) is 4.03. The molecule has 2 aliphatic rings. The molecule has 0 aliphatic carbocycles. The van der Waals surface area contributed by atoms with Crippen LogP contribution in [0.4, 0.5) is 5.69 Å². The molecule has 2 aromatic rings. The highest BCUT2D eigenvalue weighted by atomic mass is 16.2. The van der Waals surface area contributed by atoms with Crippen molar-refractivity contribution in [2.75, 3.05) is 24.5 Å². The molecule has 31 heavy (non-hydrogen) atoms. The van der Waals surface area contributed by atoms with E-state index in [4.69, 9.17) is 0 Å². The van der Waals surface area contributed by atoms with Gasteiger partial charge in [-0.1, -0.05) is 42.5 Å². The van der Waals surface area contributed by atoms with E-state index in [1.807, 2.05) is 53.4 Å². The Bertz CT molecular complexity index is 891. The molecule has 164 valence electrons. The van der Waals surface area contributed by atoms with Gasteiger partial charge in [0.1, 0.15) is 0 Å². The molecule has 0 radical (unpaired) electrons. The Balaban J connectivity index is 1.36. The van der Waals surface area contributed by atoms with Gasteiger partial charge in [-0.15, -0.1) is 0 Å². The maximum Gasteiger partial charge on any atom is 0.256 e. The van der Waals surface area contributed by atoms with E-state index >= 15 is 0 Å². The first-order chi connectivity index (χ1) is 15.1. The summed E-state index contributed by atoms with van der Waals surface area (Å²) in [5, 5.41) is 3.19. The second kappa shape index (κ2) is 9.99. The zero-order valence-electron chi connectivity index (χ0n) is 18.4. The number of para-hydroxylation sites is 1. The first-order valence-corrected chi connectivity index (χ1v) is 11.6. The molecule has 1 N–H and O–H groups in total. The fourth-order valence-electron chi connectivity index (χ4n) is 4.81. The molecular weight excluding hydrogens is 386 g/mol. The van der Waals surface area contributed by atoms with Crippen LogP contribution < -0.4 is 10.2 Å². The number of hydrogen-bond acceptors (Lipinski definition) is 3. The highest BCUT2D eigenvalue weighted by Crippen LogP contribution is 2.28. The predicted molar refractivity (Wildman–Crippen MR) is 124 cm³/mol. The fourth-order valence-corrected chi connectivity index (χ4v) is 4.81. The van der Waals surface area contributed by atoms with Gasteiger partial charge in [-0.25, -0.2) is 0 Å². The molecule has 0 bridgehead atoms. The van der Waals surface area contributed by atoms with Crippen LogP contribution in [0.15, 0.2) is 54.6 Å². The molecule has 1 atom stereocenters. The largest absolute Gasteiger partial charge is 0.371 e. The van der Waals surface area contributed by atoms with Crippen LogP contribution in [0.25, 0.3) is 0 Å². The summed E-state index contributed by atoms with van der Waals surface area (Å²) >= 11 is 0. The summed E-state index contributed by atoms with van der Waals surface area (Å²) in [4.78, 5) is 30.1. The third kappa shape index (κ3) is 5.27. The second-order valence-electron chi connectivity index (χ2n) is 8.85. The van der Waals surface area contributed by atoms with E-state index < -0.39 is 0 Å². The molecule has 2 amide bonds. The Kier molecular flexibility index (Phi) is 6.90. The summed E-state index contributed by atoms with van der Waals surface area (Å²) in [5.41, 5.74) is 2.87. The van der Waals surface area contributed by atoms with Crippen molar-refractivity contribution in [3.8, 4) is 0 Å². The number of amides is 2. The van der Waals surface area contributed by atoms with Crippen LogP contribution in [0.5, 0.6) is 0 Å². The van der Waals surface area contributed by atoms with Crippen molar-refractivity contribution < 1.29 is 9.59 Å². The number of nitrogens with one attached hydrogen (secondary N) is 1. The average molecular weight is 420 g/mol. The highest BCUT2D eigenvalue weighted by molar-refractivity contribution is 6.00. The molecule has 0 spiro atoms. The van der Waals surface area contributed by atoms with Gasteiger partial charge in [-0.05, 0) is 56.7 Å². The molecule has 2 aromatic carbocycles. The van der Waals surface area contributed by atoms with Gasteiger partial charge in [0.05, 0.1) is 12.0 Å². The molecule has 5 nitrogen and oxygen atoms in total. The first-order valence-electron chi connectivity index (χ1n) is 11.6. The van der Waals surface area contributed by atoms with Gasteiger partial charge >= 0.3 is 0 Å². The van der Waals surface area contributed by atoms with Crippen LogP contribution in [0, 0.1) is 0 Å². The maximum absolute atomic E-state index is 13.3. The molecular formula is C26H33N3O2. The standard InChI is InChI=1S/C26H33N3O2/c1-20-9-7-8-16-29(20)26(31)23-12-5-6-13-24(23)28-17-14-22(15-18-28)27-25(30)19-21-10-3-2-4-11-21/h2-6,10-13,20,22H,7-9,14-19H2,1H3,(H,27,30). The van der Waals surface area contributed by atoms with Crippen molar-refractivity contribution in [3.63, 3.8) is 0 Å². The van der Waals surface area contributed by atoms with Crippen molar-refractivity contribution in [3.05, 3.63) is 65.7 Å². The van der Waals surface area contributed by atoms with Crippen LogP contribution >= 0.6 is 0 Å². The topological polar surface area (TPSA) is 52.7 Å². The van der Waals surface area contributed by atoms with E-state index in [2.05, 4.69) is 23.2 Å². The Morgan fingerprint density at radius 1 is 0.903 bits per heavy atom. The summed E-state index contributed by atoms with van der Waals surface area (Å²) < 4.78 is 0. The van der Waals surface area contributed by atoms with Gasteiger partial charge in [0.25, 0.3) is 5.91 Å². The molecule has 5 heteroatoms. The second-order valence-corrected chi connectivity index (χ2v) is 8.85. The molecule has 1 unspecified atom stereocenters. The monoisotopic (exact) mass is 419 g/mol. The van der Waals surface area contributed by atoms with Crippen LogP contribution in [0.2, 0.25) is 0 Å². The first kappa shape index (κ1) is 21.4. The SMILES string of the molecule is CC1CCCCN1C(=O)c1ccccc1N1CCC(NC(=O)Cc2ccccc2)CC1. The number of likely N-dealkylation sites (tertiary alicyclic amines) is 1. The number of carbonyl (C=O) groups is 2. The van der Waals surface area contributed by atoms with Gasteiger partial charge < -0.3 is 15.1 Å². The van der Waals surface area contributed by atoms with E-state index in [-0.39, 0.29) is 17.9 Å². The molecule has 2 saturated heterocycles. The van der Waals surface area contributed by atoms with E-state index in [1.54, 1.807) is 0 Å². The average Bonchev–Trinajstić information content (AvgIpc) is 2.80. The number of anilines is 1. The minimum Gasteiger partial charge on any atom is -0.371 e. The van der Waals surface area contributed by atoms with Gasteiger partial charge in [-0.3, -0.25) is 9.59 Å². The Hall–Kier alpha value is -2.82. The quantitative estimate of drug-likeness (QED) is 0.796. The lowest BCUT2D eigenvalue weighted by atomic mass is 9.99. The number of rotatable bonds is 5. The molecule has 0 aromatic heterocycles. The van der Waals surface area contributed by atoms with E-state index in [9.17, 15) is 9.59 Å². The molecule has 4 rings (SSSR count). The van der Waals surface area contributed by atoms with E-state index in [1.165, 1.54) is 6.42 Å². The van der Waals surface area contributed by atoms with E-state index in [0.717, 1.165) is 62.1 Å². The Morgan fingerprint density at radius 3 is 2.35 bits per heavy atom. The summed E-state index contributed by atoms with van der Waals surface area (Å²) in [7, 11) is 0. The maximum atomic E-state index is 13.3. The van der Waals surface area contributed by atoms with Gasteiger partial charge in [0, 0.05) is 37.4 Å². The van der Waals surface area contributed by atoms with Crippen molar-refractivity contribution in [2.24, 2.45) is 0 Å². The van der Waals surface area contributed by atoms with Crippen LogP contribution in [0.3, 0.4) is 0 Å². The van der Waals surface area contributed by atoms with Gasteiger partial charge in [-0.2, -0.15) is 0 Å². The van der Waals surface area contributed by atoms with Gasteiger partial charge in [0.15, 0.2) is 0 Å². The minimum atomic E-state index is 0.0827. The number of benzene rings is 2. The zero-order valence-corrected chi connectivity index (χ0v) is 18.4. The Morgan fingerprint density at radius 2 is 1.61 bits per heavy atom. The summed E-state index contributed by atoms with van der Waals surface area (Å²) in [6.07, 6.45) is 5.59. The third-order valence-electron chi connectivity index (χ3n) is 6.61. The lowest BCUT2D eigenvalue weighted by Crippen LogP contribution is -2.46. The zero-order chi connectivity index (χ0) is 21.6. The van der Waals surface area contributed by atoms with E-state index in [0.29, 0.717) is 12.5 Å². The lowest BCUT2D eigenvalue weighted by Gasteiger charge is -2.37. The molecule has 2 fully saturated rings. The van der Waals surface area contributed by atoms with Crippen LogP contribution in [-0.4, -0.2) is 48.4 Å². The van der Waals surface area contributed by atoms with Crippen LogP contribution in [0.1, 0.15) is 54.9 Å². The molecule has 2 heterocycles. The number of carbonyl (C=O) groups excluding carboxylic acids is 2. The number of nitrogens with zero attached hydrogens (tertiary/aromatic N) is 2. The molecule has 0 saturated carbocycles. The Labute approximate surface area is 185 Å². The summed E-state index contributed by atoms with van der Waals surface area (Å²) in [6.45, 7) is 4.69. The summed E-state index contributed by atoms with van der Waals surface area (Å²) in [6, 6.07) is 18.4. The van der Waals surface area contributed by atoms with Crippen molar-refractivity contribution in [1.29, 1.82) is 0 Å². The van der Waals surface area contributed by atoms with Crippen molar-refractivity contribution in [1.82, 2.24) is 10.2 Å². The fraction of sp³-hybridized carbons (Fsp3) is 0.462. The number of piperidine rings is 2. The van der Waals surface area contributed by atoms with Crippen molar-refractivity contribution >= 4 is 17.5 Å². The minimum absolute atomic E-state index is 0.0827. The molecule has 2 aliphatic heterocycles. The smallest absolute Gasteiger partial charge is 0.256 e. The van der Waals surface area contributed by atoms with Gasteiger partial charge in [0.2, 0.25) is 5.91 Å². The third-order valence-corrected chi connectivity index (χ3v) is 6.61. The summed E-state index contributed by atoms with van der Waals surface area (Å²) in [5.74, 6) is 0.236. The lowest BCUT2D eigenvalue weighted by molar-refractivity contribution is -0.121. The number of hydrogen-bond donors (Lipinski definition) is 1. The highest BCUT2D eigenvalue weighted by Gasteiger charge is 2.28. The van der Waals surface area contributed by atoms with Crippen LogP contribution in [-0.2, 0) is 11.2 Å². The van der Waals surface area contributed by atoms with Crippen molar-refractivity contribution in [2.45, 2.75) is 57.5 Å². The normalized spacial score (nSPS) is 19.8.